The van der Waals surface area contributed by atoms with E-state index in [1.807, 2.05) is 27.7 Å². The van der Waals surface area contributed by atoms with Gasteiger partial charge in [0, 0.05) is 0 Å². The van der Waals surface area contributed by atoms with Crippen LogP contribution in [0, 0.1) is 0 Å². The van der Waals surface area contributed by atoms with Gasteiger partial charge in [-0.25, -0.2) is 0 Å². The zero-order chi connectivity index (χ0) is 20.9. The molecule has 29 heavy (non-hydrogen) atoms. The largest absolute Gasteiger partial charge is 0.376 e. The van der Waals surface area contributed by atoms with Gasteiger partial charge in [-0.2, -0.15) is 0 Å². The van der Waals surface area contributed by atoms with Crippen molar-refractivity contribution in [1.29, 1.82) is 0 Å². The first kappa shape index (κ1) is 25.0. The summed E-state index contributed by atoms with van der Waals surface area (Å²) in [5, 5.41) is 0. The molecule has 2 fully saturated rings. The molecule has 0 amide bonds. The van der Waals surface area contributed by atoms with Gasteiger partial charge in [0.1, 0.15) is 19.0 Å². The molecule has 0 bridgehead atoms. The van der Waals surface area contributed by atoms with Crippen LogP contribution in [0.1, 0.15) is 79.1 Å². The molecule has 2 atom stereocenters. The van der Waals surface area contributed by atoms with E-state index in [-0.39, 0.29) is 31.2 Å². The molecular formula is C23H44O6. The highest BCUT2D eigenvalue weighted by Gasteiger charge is 2.21. The van der Waals surface area contributed by atoms with Gasteiger partial charge in [-0.3, -0.25) is 0 Å². The fraction of sp³-hybridized carbons (Fsp3) is 1.00. The van der Waals surface area contributed by atoms with E-state index in [0.29, 0.717) is 38.6 Å². The lowest BCUT2D eigenvalue weighted by atomic mass is 10.3. The van der Waals surface area contributed by atoms with Crippen LogP contribution in [0.3, 0.4) is 0 Å². The summed E-state index contributed by atoms with van der Waals surface area (Å²) in [7, 11) is 0. The van der Waals surface area contributed by atoms with Crippen LogP contribution >= 0.6 is 0 Å². The van der Waals surface area contributed by atoms with Crippen molar-refractivity contribution in [3.8, 4) is 0 Å². The normalized spacial score (nSPS) is 20.9. The summed E-state index contributed by atoms with van der Waals surface area (Å²) in [6, 6.07) is 0. The second-order valence-electron chi connectivity index (χ2n) is 8.94. The molecule has 0 N–H and O–H groups in total. The lowest BCUT2D eigenvalue weighted by Crippen LogP contribution is -2.33. The topological polar surface area (TPSA) is 55.4 Å². The van der Waals surface area contributed by atoms with E-state index < -0.39 is 0 Å². The standard InChI is InChI=1S/C23H44O6/c1-18(2)24-13-22(15-26-20-9-5-6-10-20)28-17-29-23(14-25-19(3)4)16-27-21-11-7-8-12-21/h18-23H,5-17H2,1-4H3. The van der Waals surface area contributed by atoms with E-state index in [1.54, 1.807) is 0 Å². The molecule has 6 heteroatoms. The average Bonchev–Trinajstić information content (AvgIpc) is 3.38. The van der Waals surface area contributed by atoms with Crippen LogP contribution in [-0.2, 0) is 28.4 Å². The maximum Gasteiger partial charge on any atom is 0.147 e. The quantitative estimate of drug-likeness (QED) is 0.346. The van der Waals surface area contributed by atoms with Crippen LogP contribution in [0.5, 0.6) is 0 Å². The minimum absolute atomic E-state index is 0.125. The molecule has 6 nitrogen and oxygen atoms in total. The third-order valence-electron chi connectivity index (χ3n) is 5.48. The smallest absolute Gasteiger partial charge is 0.147 e. The van der Waals surface area contributed by atoms with Crippen LogP contribution in [0.15, 0.2) is 0 Å². The van der Waals surface area contributed by atoms with Crippen molar-refractivity contribution in [2.24, 2.45) is 0 Å². The van der Waals surface area contributed by atoms with Gasteiger partial charge >= 0.3 is 0 Å². The minimum Gasteiger partial charge on any atom is -0.376 e. The summed E-state index contributed by atoms with van der Waals surface area (Å²) in [4.78, 5) is 0. The Balaban J connectivity index is 1.72. The van der Waals surface area contributed by atoms with Gasteiger partial charge in [-0.1, -0.05) is 25.7 Å². The molecule has 2 unspecified atom stereocenters. The first-order chi connectivity index (χ1) is 14.0. The number of hydrogen-bond donors (Lipinski definition) is 0. The van der Waals surface area contributed by atoms with E-state index in [1.165, 1.54) is 25.7 Å². The Kier molecular flexibility index (Phi) is 12.7. The van der Waals surface area contributed by atoms with Crippen LogP contribution in [0.25, 0.3) is 0 Å². The van der Waals surface area contributed by atoms with Crippen LogP contribution < -0.4 is 0 Å². The first-order valence-electron chi connectivity index (χ1n) is 11.7. The van der Waals surface area contributed by atoms with Crippen molar-refractivity contribution < 1.29 is 28.4 Å². The molecule has 0 aromatic rings. The Morgan fingerprint density at radius 1 is 0.552 bits per heavy atom. The van der Waals surface area contributed by atoms with Gasteiger partial charge in [-0.05, 0) is 53.4 Å². The lowest BCUT2D eigenvalue weighted by Gasteiger charge is -2.24. The van der Waals surface area contributed by atoms with Crippen molar-refractivity contribution in [3.05, 3.63) is 0 Å². The molecule has 2 rings (SSSR count). The van der Waals surface area contributed by atoms with Gasteiger partial charge in [0.2, 0.25) is 0 Å². The molecule has 0 radical (unpaired) electrons. The molecular weight excluding hydrogens is 372 g/mol. The Morgan fingerprint density at radius 2 is 0.931 bits per heavy atom. The summed E-state index contributed by atoms with van der Waals surface area (Å²) in [6.07, 6.45) is 10.5. The Hall–Kier alpha value is -0.240. The number of ether oxygens (including phenoxy) is 6. The van der Waals surface area contributed by atoms with E-state index in [4.69, 9.17) is 28.4 Å². The van der Waals surface area contributed by atoms with E-state index in [0.717, 1.165) is 25.7 Å². The van der Waals surface area contributed by atoms with E-state index >= 15 is 0 Å². The Bertz CT molecular complexity index is 355. The highest BCUT2D eigenvalue weighted by atomic mass is 16.7. The zero-order valence-corrected chi connectivity index (χ0v) is 19.1. The maximum absolute atomic E-state index is 6.04. The highest BCUT2D eigenvalue weighted by Crippen LogP contribution is 2.22. The van der Waals surface area contributed by atoms with Crippen molar-refractivity contribution in [2.75, 3.05) is 33.2 Å². The zero-order valence-electron chi connectivity index (χ0n) is 19.1. The van der Waals surface area contributed by atoms with E-state index in [9.17, 15) is 0 Å². The molecule has 0 aliphatic heterocycles. The molecule has 0 aromatic heterocycles. The monoisotopic (exact) mass is 416 g/mol. The molecule has 0 heterocycles. The summed E-state index contributed by atoms with van der Waals surface area (Å²) in [5.74, 6) is 0. The third kappa shape index (κ3) is 11.7. The molecule has 0 saturated heterocycles. The molecule has 2 aliphatic rings. The van der Waals surface area contributed by atoms with E-state index in [2.05, 4.69) is 0 Å². The summed E-state index contributed by atoms with van der Waals surface area (Å²) in [5.41, 5.74) is 0. The Labute approximate surface area is 177 Å². The summed E-state index contributed by atoms with van der Waals surface area (Å²) in [6.45, 7) is 10.4. The minimum atomic E-state index is -0.125. The second kappa shape index (κ2) is 14.7. The fourth-order valence-electron chi connectivity index (χ4n) is 3.72. The maximum atomic E-state index is 6.04. The molecule has 0 aromatic carbocycles. The summed E-state index contributed by atoms with van der Waals surface area (Å²) >= 11 is 0. The van der Waals surface area contributed by atoms with Gasteiger partial charge < -0.3 is 28.4 Å². The summed E-state index contributed by atoms with van der Waals surface area (Å²) < 4.78 is 35.6. The van der Waals surface area contributed by atoms with Gasteiger partial charge in [-0.15, -0.1) is 0 Å². The van der Waals surface area contributed by atoms with Crippen LogP contribution in [-0.4, -0.2) is 69.8 Å². The predicted octanol–water partition coefficient (Wildman–Crippen LogP) is 4.48. The predicted molar refractivity (Wildman–Crippen MR) is 113 cm³/mol. The molecule has 2 saturated carbocycles. The first-order valence-corrected chi connectivity index (χ1v) is 11.7. The number of rotatable bonds is 16. The molecule has 0 spiro atoms. The van der Waals surface area contributed by atoms with Gasteiger partial charge in [0.25, 0.3) is 0 Å². The van der Waals surface area contributed by atoms with Crippen molar-refractivity contribution >= 4 is 0 Å². The van der Waals surface area contributed by atoms with Crippen molar-refractivity contribution in [2.45, 2.75) is 116 Å². The van der Waals surface area contributed by atoms with Gasteiger partial charge in [0.15, 0.2) is 0 Å². The SMILES string of the molecule is CC(C)OCC(COC1CCCC1)OCOC(COC(C)C)COC1CCCC1. The van der Waals surface area contributed by atoms with Crippen molar-refractivity contribution in [3.63, 3.8) is 0 Å². The highest BCUT2D eigenvalue weighted by molar-refractivity contribution is 4.69. The lowest BCUT2D eigenvalue weighted by molar-refractivity contribution is -0.179. The average molecular weight is 417 g/mol. The van der Waals surface area contributed by atoms with Crippen LogP contribution in [0.4, 0.5) is 0 Å². The van der Waals surface area contributed by atoms with Gasteiger partial charge in [0.05, 0.1) is 50.8 Å². The third-order valence-corrected chi connectivity index (χ3v) is 5.48. The molecule has 172 valence electrons. The van der Waals surface area contributed by atoms with Crippen molar-refractivity contribution in [1.82, 2.24) is 0 Å². The van der Waals surface area contributed by atoms with Crippen LogP contribution in [0.2, 0.25) is 0 Å². The number of hydrogen-bond acceptors (Lipinski definition) is 6. The Morgan fingerprint density at radius 3 is 1.28 bits per heavy atom. The molecule has 2 aliphatic carbocycles. The second-order valence-corrected chi connectivity index (χ2v) is 8.94. The fourth-order valence-corrected chi connectivity index (χ4v) is 3.72.